The molecule has 1 aliphatic heterocycles. The molecule has 0 spiro atoms. The SMILES string of the molecule is COc1cccc(OC)c1/C(O)=C1\C(=O)C(=O)N(c2cc(C)cc(C)c2)C1c1cccnc1. The highest BCUT2D eigenvalue weighted by molar-refractivity contribution is 6.51. The van der Waals surface area contributed by atoms with Gasteiger partial charge in [0.25, 0.3) is 11.7 Å². The maximum absolute atomic E-state index is 13.3. The lowest BCUT2D eigenvalue weighted by Gasteiger charge is -2.26. The summed E-state index contributed by atoms with van der Waals surface area (Å²) in [6.45, 7) is 3.84. The highest BCUT2D eigenvalue weighted by Gasteiger charge is 2.47. The summed E-state index contributed by atoms with van der Waals surface area (Å²) in [5.41, 5.74) is 3.19. The first-order valence-electron chi connectivity index (χ1n) is 10.4. The van der Waals surface area contributed by atoms with E-state index in [2.05, 4.69) is 4.98 Å². The number of aliphatic hydroxyl groups excluding tert-OH is 1. The Morgan fingerprint density at radius 3 is 2.15 bits per heavy atom. The Morgan fingerprint density at radius 2 is 1.61 bits per heavy atom. The summed E-state index contributed by atoms with van der Waals surface area (Å²) in [6, 6.07) is 13.3. The standard InChI is InChI=1S/C26H24N2O5/c1-15-11-16(2)13-18(12-15)28-23(17-7-6-10-27-14-17)22(25(30)26(28)31)24(29)21-19(32-3)8-5-9-20(21)33-4/h5-14,23,29H,1-4H3/b24-22+. The zero-order chi connectivity index (χ0) is 23.7. The molecule has 1 unspecified atom stereocenters. The van der Waals surface area contributed by atoms with Crippen molar-refractivity contribution in [1.82, 2.24) is 4.98 Å². The molecule has 1 N–H and O–H groups in total. The molecule has 4 rings (SSSR count). The van der Waals surface area contributed by atoms with Crippen molar-refractivity contribution >= 4 is 23.1 Å². The van der Waals surface area contributed by atoms with Crippen LogP contribution in [0, 0.1) is 13.8 Å². The number of aromatic nitrogens is 1. The molecule has 168 valence electrons. The van der Waals surface area contributed by atoms with Gasteiger partial charge >= 0.3 is 0 Å². The van der Waals surface area contributed by atoms with Crippen LogP contribution in [0.3, 0.4) is 0 Å². The third kappa shape index (κ3) is 3.82. The second-order valence-corrected chi connectivity index (χ2v) is 7.84. The lowest BCUT2D eigenvalue weighted by Crippen LogP contribution is -2.29. The van der Waals surface area contributed by atoms with Crippen molar-refractivity contribution < 1.29 is 24.2 Å². The number of hydrogen-bond acceptors (Lipinski definition) is 6. The number of hydrogen-bond donors (Lipinski definition) is 1. The number of aryl methyl sites for hydroxylation is 2. The summed E-state index contributed by atoms with van der Waals surface area (Å²) in [5, 5.41) is 11.4. The average Bonchev–Trinajstić information content (AvgIpc) is 3.08. The minimum atomic E-state index is -0.880. The minimum Gasteiger partial charge on any atom is -0.506 e. The first-order valence-corrected chi connectivity index (χ1v) is 10.4. The fourth-order valence-electron chi connectivity index (χ4n) is 4.26. The van der Waals surface area contributed by atoms with E-state index in [0.717, 1.165) is 11.1 Å². The van der Waals surface area contributed by atoms with Crippen LogP contribution in [0.5, 0.6) is 11.5 Å². The van der Waals surface area contributed by atoms with Gasteiger partial charge in [-0.2, -0.15) is 0 Å². The maximum Gasteiger partial charge on any atom is 0.300 e. The molecule has 1 aliphatic rings. The van der Waals surface area contributed by atoms with Crippen LogP contribution >= 0.6 is 0 Å². The van der Waals surface area contributed by atoms with Gasteiger partial charge in [0.1, 0.15) is 22.8 Å². The van der Waals surface area contributed by atoms with Gasteiger partial charge in [0.05, 0.1) is 25.8 Å². The molecule has 0 bridgehead atoms. The van der Waals surface area contributed by atoms with Crippen LogP contribution in [0.2, 0.25) is 0 Å². The number of anilines is 1. The number of amides is 1. The van der Waals surface area contributed by atoms with E-state index in [-0.39, 0.29) is 16.9 Å². The van der Waals surface area contributed by atoms with E-state index >= 15 is 0 Å². The Labute approximate surface area is 191 Å². The van der Waals surface area contributed by atoms with Crippen LogP contribution in [0.1, 0.15) is 28.3 Å². The second kappa shape index (κ2) is 8.78. The van der Waals surface area contributed by atoms with Crippen molar-refractivity contribution in [2.75, 3.05) is 19.1 Å². The normalized spacial score (nSPS) is 17.3. The van der Waals surface area contributed by atoms with Gasteiger partial charge in [0.2, 0.25) is 0 Å². The largest absolute Gasteiger partial charge is 0.506 e. The molecule has 0 aliphatic carbocycles. The lowest BCUT2D eigenvalue weighted by atomic mass is 9.95. The van der Waals surface area contributed by atoms with Crippen LogP contribution in [-0.2, 0) is 9.59 Å². The van der Waals surface area contributed by atoms with Crippen LogP contribution in [0.25, 0.3) is 5.76 Å². The van der Waals surface area contributed by atoms with Gasteiger partial charge in [-0.1, -0.05) is 18.2 Å². The van der Waals surface area contributed by atoms with Crippen LogP contribution < -0.4 is 14.4 Å². The number of aliphatic hydroxyl groups is 1. The van der Waals surface area contributed by atoms with Gasteiger partial charge in [-0.25, -0.2) is 0 Å². The van der Waals surface area contributed by atoms with Gasteiger partial charge in [-0.3, -0.25) is 19.5 Å². The topological polar surface area (TPSA) is 89.0 Å². The fourth-order valence-corrected chi connectivity index (χ4v) is 4.26. The molecule has 33 heavy (non-hydrogen) atoms. The number of benzene rings is 2. The second-order valence-electron chi connectivity index (χ2n) is 7.84. The van der Waals surface area contributed by atoms with E-state index < -0.39 is 17.7 Å². The molecule has 1 amide bonds. The molecule has 0 radical (unpaired) electrons. The molecule has 3 aromatic rings. The summed E-state index contributed by atoms with van der Waals surface area (Å²) < 4.78 is 10.8. The summed E-state index contributed by atoms with van der Waals surface area (Å²) in [5.74, 6) is -1.27. The van der Waals surface area contributed by atoms with Crippen molar-refractivity contribution in [2.45, 2.75) is 19.9 Å². The summed E-state index contributed by atoms with van der Waals surface area (Å²) in [7, 11) is 2.91. The quantitative estimate of drug-likeness (QED) is 0.358. The number of ketones is 1. The monoisotopic (exact) mass is 444 g/mol. The van der Waals surface area contributed by atoms with Gasteiger partial charge in [-0.15, -0.1) is 0 Å². The van der Waals surface area contributed by atoms with E-state index in [4.69, 9.17) is 9.47 Å². The molecule has 1 atom stereocenters. The smallest absolute Gasteiger partial charge is 0.300 e. The van der Waals surface area contributed by atoms with E-state index in [9.17, 15) is 14.7 Å². The molecule has 0 saturated carbocycles. The highest BCUT2D eigenvalue weighted by Crippen LogP contribution is 2.45. The predicted molar refractivity (Wildman–Crippen MR) is 124 cm³/mol. The molecule has 7 nitrogen and oxygen atoms in total. The molecular formula is C26H24N2O5. The Morgan fingerprint density at radius 1 is 0.970 bits per heavy atom. The number of methoxy groups -OCH3 is 2. The number of pyridine rings is 1. The van der Waals surface area contributed by atoms with Crippen molar-refractivity contribution in [3.8, 4) is 11.5 Å². The minimum absolute atomic E-state index is 0.0602. The maximum atomic E-state index is 13.3. The van der Waals surface area contributed by atoms with E-state index in [0.29, 0.717) is 22.7 Å². The first kappa shape index (κ1) is 22.1. The van der Waals surface area contributed by atoms with Crippen molar-refractivity contribution in [1.29, 1.82) is 0 Å². The van der Waals surface area contributed by atoms with Crippen molar-refractivity contribution in [3.05, 3.63) is 88.8 Å². The number of Topliss-reactive ketones (excluding diaryl/α,β-unsaturated/α-hetero) is 1. The van der Waals surface area contributed by atoms with Gasteiger partial charge in [0, 0.05) is 18.1 Å². The Bertz CT molecular complexity index is 1220. The molecule has 1 aromatic heterocycles. The van der Waals surface area contributed by atoms with Crippen LogP contribution in [-0.4, -0.2) is 36.0 Å². The third-order valence-corrected chi connectivity index (χ3v) is 5.59. The van der Waals surface area contributed by atoms with E-state index in [1.807, 2.05) is 32.0 Å². The number of ether oxygens (including phenoxy) is 2. The summed E-state index contributed by atoms with van der Waals surface area (Å²) >= 11 is 0. The molecule has 1 saturated heterocycles. The van der Waals surface area contributed by atoms with E-state index in [1.54, 1.807) is 42.7 Å². The molecular weight excluding hydrogens is 420 g/mol. The fraction of sp³-hybridized carbons (Fsp3) is 0.192. The van der Waals surface area contributed by atoms with E-state index in [1.165, 1.54) is 19.1 Å². The number of rotatable bonds is 5. The van der Waals surface area contributed by atoms with Crippen molar-refractivity contribution in [3.63, 3.8) is 0 Å². The van der Waals surface area contributed by atoms with Crippen molar-refractivity contribution in [2.24, 2.45) is 0 Å². The number of carbonyl (C=O) groups excluding carboxylic acids is 2. The van der Waals surface area contributed by atoms with Gasteiger partial charge in [0.15, 0.2) is 0 Å². The average molecular weight is 444 g/mol. The Kier molecular flexibility index (Phi) is 5.87. The lowest BCUT2D eigenvalue weighted by molar-refractivity contribution is -0.132. The van der Waals surface area contributed by atoms with Gasteiger partial charge in [-0.05, 0) is 60.9 Å². The zero-order valence-corrected chi connectivity index (χ0v) is 18.8. The first-order chi connectivity index (χ1) is 15.9. The Balaban J connectivity index is 2.02. The summed E-state index contributed by atoms with van der Waals surface area (Å²) in [4.78, 5) is 32.2. The Hall–Kier alpha value is -4.13. The zero-order valence-electron chi connectivity index (χ0n) is 18.8. The molecule has 2 heterocycles. The highest BCUT2D eigenvalue weighted by atomic mass is 16.5. The van der Waals surface area contributed by atoms with Crippen LogP contribution in [0.4, 0.5) is 5.69 Å². The number of nitrogens with zero attached hydrogens (tertiary/aromatic N) is 2. The number of carbonyl (C=O) groups is 2. The third-order valence-electron chi connectivity index (χ3n) is 5.59. The molecule has 7 heteroatoms. The van der Waals surface area contributed by atoms with Crippen LogP contribution in [0.15, 0.2) is 66.5 Å². The summed E-state index contributed by atoms with van der Waals surface area (Å²) in [6.07, 6.45) is 3.19. The van der Waals surface area contributed by atoms with Gasteiger partial charge < -0.3 is 14.6 Å². The predicted octanol–water partition coefficient (Wildman–Crippen LogP) is 4.34. The molecule has 1 fully saturated rings. The molecule has 2 aromatic carbocycles.